The average molecular weight is 303 g/mol. The molecule has 4 N–H and O–H groups in total. The van der Waals surface area contributed by atoms with Gasteiger partial charge >= 0.3 is 6.18 Å². The van der Waals surface area contributed by atoms with Crippen molar-refractivity contribution >= 4 is 11.8 Å². The predicted molar refractivity (Wildman–Crippen MR) is 74.6 cm³/mol. The second-order valence-corrected chi connectivity index (χ2v) is 5.29. The number of hydrogen-bond donors (Lipinski definition) is 3. The number of alkyl halides is 3. The van der Waals surface area contributed by atoms with Crippen molar-refractivity contribution in [1.82, 2.24) is 9.97 Å². The van der Waals surface area contributed by atoms with Crippen LogP contribution in [0.15, 0.2) is 6.07 Å². The van der Waals surface area contributed by atoms with Gasteiger partial charge in [-0.2, -0.15) is 18.2 Å². The zero-order valence-corrected chi connectivity index (χ0v) is 11.7. The SMILES string of the molecule is NNc1nc(NC2CCCCCCC2)cc(C(F)(F)F)n1. The molecule has 1 saturated carbocycles. The average Bonchev–Trinajstić information content (AvgIpc) is 2.40. The molecule has 21 heavy (non-hydrogen) atoms. The molecule has 0 amide bonds. The molecule has 0 spiro atoms. The summed E-state index contributed by atoms with van der Waals surface area (Å²) < 4.78 is 38.4. The van der Waals surface area contributed by atoms with Crippen LogP contribution in [0.3, 0.4) is 0 Å². The molecule has 0 unspecified atom stereocenters. The van der Waals surface area contributed by atoms with Gasteiger partial charge in [0.05, 0.1) is 0 Å². The van der Waals surface area contributed by atoms with Gasteiger partial charge in [0.2, 0.25) is 5.95 Å². The number of hydrazine groups is 1. The van der Waals surface area contributed by atoms with Gasteiger partial charge in [-0.3, -0.25) is 5.43 Å². The Balaban J connectivity index is 2.14. The van der Waals surface area contributed by atoms with E-state index in [0.717, 1.165) is 31.7 Å². The number of nitrogens with zero attached hydrogens (tertiary/aromatic N) is 2. The minimum Gasteiger partial charge on any atom is -0.367 e. The fraction of sp³-hybridized carbons (Fsp3) is 0.692. The molecule has 8 heteroatoms. The van der Waals surface area contributed by atoms with Crippen LogP contribution in [0.25, 0.3) is 0 Å². The fourth-order valence-corrected chi connectivity index (χ4v) is 2.54. The van der Waals surface area contributed by atoms with Gasteiger partial charge in [0.1, 0.15) is 5.82 Å². The first kappa shape index (κ1) is 15.8. The summed E-state index contributed by atoms with van der Waals surface area (Å²) in [6.07, 6.45) is 3.10. The van der Waals surface area contributed by atoms with E-state index in [1.807, 2.05) is 0 Å². The van der Waals surface area contributed by atoms with Crippen LogP contribution in [0, 0.1) is 0 Å². The lowest BCUT2D eigenvalue weighted by atomic mass is 9.97. The van der Waals surface area contributed by atoms with Crippen molar-refractivity contribution in [2.45, 2.75) is 57.2 Å². The zero-order chi connectivity index (χ0) is 15.3. The maximum Gasteiger partial charge on any atom is 0.433 e. The van der Waals surface area contributed by atoms with Gasteiger partial charge in [-0.1, -0.05) is 32.1 Å². The van der Waals surface area contributed by atoms with Crippen molar-refractivity contribution in [1.29, 1.82) is 0 Å². The monoisotopic (exact) mass is 303 g/mol. The lowest BCUT2D eigenvalue weighted by Gasteiger charge is -2.22. The maximum absolute atomic E-state index is 12.8. The molecule has 5 nitrogen and oxygen atoms in total. The molecule has 1 aromatic rings. The Morgan fingerprint density at radius 1 is 1.05 bits per heavy atom. The molecule has 0 radical (unpaired) electrons. The molecule has 1 aliphatic rings. The third kappa shape index (κ3) is 4.73. The lowest BCUT2D eigenvalue weighted by Crippen LogP contribution is -2.23. The van der Waals surface area contributed by atoms with Gasteiger partial charge in [-0.15, -0.1) is 0 Å². The molecule has 2 rings (SSSR count). The second kappa shape index (κ2) is 6.93. The van der Waals surface area contributed by atoms with E-state index >= 15 is 0 Å². The first-order valence-corrected chi connectivity index (χ1v) is 7.18. The molecule has 1 heterocycles. The Hall–Kier alpha value is -1.57. The highest BCUT2D eigenvalue weighted by atomic mass is 19.4. The van der Waals surface area contributed by atoms with E-state index in [1.165, 1.54) is 19.3 Å². The molecule has 1 aromatic heterocycles. The Morgan fingerprint density at radius 2 is 1.67 bits per heavy atom. The van der Waals surface area contributed by atoms with E-state index in [9.17, 15) is 13.2 Å². The Morgan fingerprint density at radius 3 is 2.24 bits per heavy atom. The van der Waals surface area contributed by atoms with Gasteiger partial charge in [0.25, 0.3) is 0 Å². The first-order valence-electron chi connectivity index (χ1n) is 7.18. The van der Waals surface area contributed by atoms with Crippen molar-refractivity contribution in [2.75, 3.05) is 10.7 Å². The topological polar surface area (TPSA) is 75.9 Å². The predicted octanol–water partition coefficient (Wildman–Crippen LogP) is 3.31. The Bertz CT molecular complexity index is 456. The number of hydrogen-bond acceptors (Lipinski definition) is 5. The van der Waals surface area contributed by atoms with Crippen LogP contribution in [-0.2, 0) is 6.18 Å². The second-order valence-electron chi connectivity index (χ2n) is 5.29. The molecular weight excluding hydrogens is 283 g/mol. The van der Waals surface area contributed by atoms with Crippen molar-refractivity contribution in [3.8, 4) is 0 Å². The number of halogens is 3. The summed E-state index contributed by atoms with van der Waals surface area (Å²) in [7, 11) is 0. The third-order valence-corrected chi connectivity index (χ3v) is 3.60. The normalized spacial score (nSPS) is 17.9. The van der Waals surface area contributed by atoms with Crippen molar-refractivity contribution in [2.24, 2.45) is 5.84 Å². The highest BCUT2D eigenvalue weighted by molar-refractivity contribution is 5.43. The van der Waals surface area contributed by atoms with Crippen LogP contribution in [0.1, 0.15) is 50.6 Å². The summed E-state index contributed by atoms with van der Waals surface area (Å²) in [5.74, 6) is 5.06. The first-order chi connectivity index (χ1) is 9.99. The molecule has 0 aromatic carbocycles. The molecule has 0 bridgehead atoms. The van der Waals surface area contributed by atoms with E-state index in [2.05, 4.69) is 20.7 Å². The minimum atomic E-state index is -4.52. The van der Waals surface area contributed by atoms with Crippen LogP contribution in [0.4, 0.5) is 24.9 Å². The highest BCUT2D eigenvalue weighted by Crippen LogP contribution is 2.30. The molecular formula is C13H20F3N5. The number of rotatable bonds is 3. The van der Waals surface area contributed by atoms with Gasteiger partial charge in [0.15, 0.2) is 5.69 Å². The summed E-state index contributed by atoms with van der Waals surface area (Å²) in [6, 6.07) is 1.08. The van der Waals surface area contributed by atoms with Crippen molar-refractivity contribution in [3.63, 3.8) is 0 Å². The van der Waals surface area contributed by atoms with Gasteiger partial charge < -0.3 is 5.32 Å². The Labute approximate surface area is 121 Å². The molecule has 0 aliphatic heterocycles. The third-order valence-electron chi connectivity index (χ3n) is 3.60. The van der Waals surface area contributed by atoms with E-state index in [0.29, 0.717) is 0 Å². The van der Waals surface area contributed by atoms with Crippen LogP contribution in [-0.4, -0.2) is 16.0 Å². The lowest BCUT2D eigenvalue weighted by molar-refractivity contribution is -0.141. The number of anilines is 2. The highest BCUT2D eigenvalue weighted by Gasteiger charge is 2.33. The number of nitrogen functional groups attached to an aromatic ring is 1. The zero-order valence-electron chi connectivity index (χ0n) is 11.7. The van der Waals surface area contributed by atoms with Crippen molar-refractivity contribution < 1.29 is 13.2 Å². The number of nitrogens with one attached hydrogen (secondary N) is 2. The van der Waals surface area contributed by atoms with Gasteiger partial charge in [0, 0.05) is 12.1 Å². The van der Waals surface area contributed by atoms with E-state index in [-0.39, 0.29) is 17.8 Å². The summed E-state index contributed by atoms with van der Waals surface area (Å²) in [6.45, 7) is 0. The van der Waals surface area contributed by atoms with Crippen molar-refractivity contribution in [3.05, 3.63) is 11.8 Å². The summed E-state index contributed by atoms with van der Waals surface area (Å²) in [5, 5.41) is 3.09. The van der Waals surface area contributed by atoms with Crippen LogP contribution in [0.5, 0.6) is 0 Å². The minimum absolute atomic E-state index is 0.145. The Kier molecular flexibility index (Phi) is 5.22. The molecule has 118 valence electrons. The van der Waals surface area contributed by atoms with Gasteiger partial charge in [-0.05, 0) is 12.8 Å². The van der Waals surface area contributed by atoms with E-state index < -0.39 is 11.9 Å². The molecule has 1 fully saturated rings. The number of nitrogens with two attached hydrogens (primary N) is 1. The van der Waals surface area contributed by atoms with Gasteiger partial charge in [-0.25, -0.2) is 10.8 Å². The number of aromatic nitrogens is 2. The fourth-order valence-electron chi connectivity index (χ4n) is 2.54. The standard InChI is InChI=1S/C13H20F3N5/c14-13(15,16)10-8-11(20-12(19-10)21-17)18-9-6-4-2-1-3-5-7-9/h8-9H,1-7,17H2,(H2,18,19,20,21). The van der Waals surface area contributed by atoms with Crippen LogP contribution < -0.4 is 16.6 Å². The smallest absolute Gasteiger partial charge is 0.367 e. The summed E-state index contributed by atoms with van der Waals surface area (Å²) >= 11 is 0. The summed E-state index contributed by atoms with van der Waals surface area (Å²) in [5.41, 5.74) is 1.08. The van der Waals surface area contributed by atoms with Crippen LogP contribution >= 0.6 is 0 Å². The molecule has 1 aliphatic carbocycles. The maximum atomic E-state index is 12.8. The quantitative estimate of drug-likeness (QED) is 0.590. The molecule has 0 atom stereocenters. The van der Waals surface area contributed by atoms with E-state index in [4.69, 9.17) is 5.84 Å². The van der Waals surface area contributed by atoms with E-state index in [1.54, 1.807) is 0 Å². The largest absolute Gasteiger partial charge is 0.433 e. The molecule has 0 saturated heterocycles. The van der Waals surface area contributed by atoms with Crippen LogP contribution in [0.2, 0.25) is 0 Å². The summed E-state index contributed by atoms with van der Waals surface area (Å²) in [4.78, 5) is 7.29.